The van der Waals surface area contributed by atoms with Gasteiger partial charge in [0, 0.05) is 6.20 Å². The fourth-order valence-electron chi connectivity index (χ4n) is 4.56. The van der Waals surface area contributed by atoms with Crippen molar-refractivity contribution in [2.75, 3.05) is 18.9 Å². The Kier molecular flexibility index (Phi) is 7.03. The second kappa shape index (κ2) is 9.08. The molecule has 0 spiro atoms. The minimum atomic E-state index is -2.29. The number of hydrogen-bond acceptors (Lipinski definition) is 11. The molecule has 0 aromatic carbocycles. The first kappa shape index (κ1) is 24.0. The molecule has 2 aliphatic rings. The lowest BCUT2D eigenvalue weighted by molar-refractivity contribution is -0.310. The number of rotatable bonds is 7. The van der Waals surface area contributed by atoms with Crippen LogP contribution in [0.4, 0.5) is 5.82 Å². The summed E-state index contributed by atoms with van der Waals surface area (Å²) in [4.78, 5) is 16.5. The zero-order valence-corrected chi connectivity index (χ0v) is 17.2. The minimum absolute atomic E-state index is 0.0828. The standard InChI is InChI=1S/C19H31N3O9/c1-2-3-4-6-18(29)15(27)11(8-23)31-19(18,22-7-5-12(20)21-17(22)28)16-14(26)13(25)10(24)9-30-16/h5,7,10-11,13-16,23-27,29H,2-4,6,8-9H2,1H3,(H2,20,21,28)/t10-,11-,13-,14+,15-,16?,18-,19-/m1/s1. The first-order valence-corrected chi connectivity index (χ1v) is 10.3. The summed E-state index contributed by atoms with van der Waals surface area (Å²) in [6, 6.07) is 1.26. The van der Waals surface area contributed by atoms with Crippen molar-refractivity contribution in [1.82, 2.24) is 9.55 Å². The van der Waals surface area contributed by atoms with E-state index < -0.39 is 66.9 Å². The predicted octanol–water partition coefficient (Wildman–Crippen LogP) is -2.98. The zero-order chi connectivity index (χ0) is 23.0. The number of aliphatic hydroxyl groups excluding tert-OH is 5. The molecule has 2 aliphatic heterocycles. The quantitative estimate of drug-likeness (QED) is 0.211. The normalized spacial score (nSPS) is 40.9. The summed E-state index contributed by atoms with van der Waals surface area (Å²) >= 11 is 0. The highest BCUT2D eigenvalue weighted by Gasteiger charge is 2.72. The Bertz CT molecular complexity index is 823. The van der Waals surface area contributed by atoms with Crippen LogP contribution in [0.25, 0.3) is 0 Å². The van der Waals surface area contributed by atoms with E-state index in [1.54, 1.807) is 0 Å². The molecule has 2 fully saturated rings. The van der Waals surface area contributed by atoms with Crippen molar-refractivity contribution in [2.45, 2.75) is 80.6 Å². The molecule has 0 saturated carbocycles. The fourth-order valence-corrected chi connectivity index (χ4v) is 4.56. The maximum atomic E-state index is 12.8. The number of aromatic nitrogens is 2. The van der Waals surface area contributed by atoms with Gasteiger partial charge in [0.05, 0.1) is 13.2 Å². The highest BCUT2D eigenvalue weighted by atomic mass is 16.6. The van der Waals surface area contributed by atoms with E-state index in [2.05, 4.69) is 4.98 Å². The van der Waals surface area contributed by atoms with Crippen LogP contribution in [0.2, 0.25) is 0 Å². The Morgan fingerprint density at radius 1 is 1.26 bits per heavy atom. The predicted molar refractivity (Wildman–Crippen MR) is 106 cm³/mol. The molecular formula is C19H31N3O9. The number of hydrogen-bond donors (Lipinski definition) is 7. The molecule has 1 aromatic rings. The van der Waals surface area contributed by atoms with Gasteiger partial charge < -0.3 is 45.8 Å². The Labute approximate surface area is 178 Å². The Hall–Kier alpha value is -1.64. The molecule has 0 amide bonds. The van der Waals surface area contributed by atoms with Gasteiger partial charge >= 0.3 is 5.69 Å². The smallest absolute Gasteiger partial charge is 0.352 e. The average Bonchev–Trinajstić information content (AvgIpc) is 2.95. The Morgan fingerprint density at radius 2 is 1.97 bits per heavy atom. The fraction of sp³-hybridized carbons (Fsp3) is 0.789. The molecule has 1 aromatic heterocycles. The van der Waals surface area contributed by atoms with E-state index in [1.165, 1.54) is 12.3 Å². The third kappa shape index (κ3) is 3.76. The minimum Gasteiger partial charge on any atom is -0.394 e. The molecule has 3 rings (SSSR count). The van der Waals surface area contributed by atoms with Crippen molar-refractivity contribution in [2.24, 2.45) is 0 Å². The van der Waals surface area contributed by atoms with E-state index in [-0.39, 0.29) is 12.2 Å². The first-order valence-electron chi connectivity index (χ1n) is 10.3. The van der Waals surface area contributed by atoms with Crippen molar-refractivity contribution in [3.05, 3.63) is 22.7 Å². The van der Waals surface area contributed by atoms with Crippen molar-refractivity contribution in [3.8, 4) is 0 Å². The molecule has 8 atom stereocenters. The monoisotopic (exact) mass is 445 g/mol. The zero-order valence-electron chi connectivity index (χ0n) is 17.2. The van der Waals surface area contributed by atoms with Crippen LogP contribution in [-0.2, 0) is 15.2 Å². The third-order valence-electron chi connectivity index (χ3n) is 6.20. The van der Waals surface area contributed by atoms with E-state index in [4.69, 9.17) is 15.2 Å². The molecule has 12 nitrogen and oxygen atoms in total. The number of nitrogen functional groups attached to an aromatic ring is 1. The molecule has 0 aliphatic carbocycles. The van der Waals surface area contributed by atoms with Crippen molar-refractivity contribution in [3.63, 3.8) is 0 Å². The number of unbranched alkanes of at least 4 members (excludes halogenated alkanes) is 2. The van der Waals surface area contributed by atoms with E-state index >= 15 is 0 Å². The SMILES string of the molecule is CCCCC[C@@]1(O)[C@H](O)[C@@H](CO)O[C@@]1(C1OC[C@@H](O)[C@@H](O)[C@@H]1O)n1ccc(N)nc1=O. The summed E-state index contributed by atoms with van der Waals surface area (Å²) in [5.41, 5.74) is 0.112. The summed E-state index contributed by atoms with van der Waals surface area (Å²) in [6.07, 6.45) is -6.54. The lowest BCUT2D eigenvalue weighted by Gasteiger charge is -2.50. The van der Waals surface area contributed by atoms with Crippen molar-refractivity contribution >= 4 is 5.82 Å². The van der Waals surface area contributed by atoms with Crippen LogP contribution in [-0.4, -0.2) is 95.6 Å². The summed E-state index contributed by atoms with van der Waals surface area (Å²) in [5, 5.41) is 63.5. The average molecular weight is 445 g/mol. The number of nitrogens with two attached hydrogens (primary N) is 1. The van der Waals surface area contributed by atoms with Crippen LogP contribution in [0.5, 0.6) is 0 Å². The molecule has 0 radical (unpaired) electrons. The highest BCUT2D eigenvalue weighted by Crippen LogP contribution is 2.50. The van der Waals surface area contributed by atoms with Gasteiger partial charge in [0.25, 0.3) is 0 Å². The van der Waals surface area contributed by atoms with E-state index in [0.717, 1.165) is 11.0 Å². The lowest BCUT2D eigenvalue weighted by Crippen LogP contribution is -2.71. The van der Waals surface area contributed by atoms with Crippen LogP contribution >= 0.6 is 0 Å². The summed E-state index contributed by atoms with van der Waals surface area (Å²) in [5.74, 6) is -0.108. The van der Waals surface area contributed by atoms with Crippen molar-refractivity contribution in [1.29, 1.82) is 0 Å². The second-order valence-electron chi connectivity index (χ2n) is 8.17. The van der Waals surface area contributed by atoms with Gasteiger partial charge in [0.15, 0.2) is 0 Å². The van der Waals surface area contributed by atoms with E-state index in [1.807, 2.05) is 6.92 Å². The molecule has 8 N–H and O–H groups in total. The van der Waals surface area contributed by atoms with Crippen LogP contribution in [0, 0.1) is 0 Å². The molecule has 3 heterocycles. The van der Waals surface area contributed by atoms with E-state index in [9.17, 15) is 35.4 Å². The molecular weight excluding hydrogens is 414 g/mol. The maximum absolute atomic E-state index is 12.8. The van der Waals surface area contributed by atoms with Crippen molar-refractivity contribution < 1.29 is 40.1 Å². The van der Waals surface area contributed by atoms with Gasteiger partial charge in [-0.05, 0) is 12.5 Å². The number of aliphatic hydroxyl groups is 6. The number of ether oxygens (including phenoxy) is 2. The van der Waals surface area contributed by atoms with E-state index in [0.29, 0.717) is 12.8 Å². The lowest BCUT2D eigenvalue weighted by atomic mass is 9.75. The molecule has 2 saturated heterocycles. The van der Waals surface area contributed by atoms with Crippen LogP contribution in [0.3, 0.4) is 0 Å². The van der Waals surface area contributed by atoms with Gasteiger partial charge in [-0.25, -0.2) is 4.79 Å². The Balaban J connectivity index is 2.24. The highest BCUT2D eigenvalue weighted by molar-refractivity contribution is 5.25. The van der Waals surface area contributed by atoms with Gasteiger partial charge in [0.1, 0.15) is 48.0 Å². The maximum Gasteiger partial charge on any atom is 0.352 e. The third-order valence-corrected chi connectivity index (χ3v) is 6.20. The molecule has 1 unspecified atom stereocenters. The Morgan fingerprint density at radius 3 is 2.58 bits per heavy atom. The van der Waals surface area contributed by atoms with Gasteiger partial charge in [0.2, 0.25) is 5.72 Å². The second-order valence-corrected chi connectivity index (χ2v) is 8.17. The van der Waals surface area contributed by atoms with Crippen LogP contribution in [0.15, 0.2) is 17.1 Å². The van der Waals surface area contributed by atoms with Gasteiger partial charge in [-0.15, -0.1) is 0 Å². The van der Waals surface area contributed by atoms with Gasteiger partial charge in [-0.1, -0.05) is 26.2 Å². The largest absolute Gasteiger partial charge is 0.394 e. The number of nitrogens with zero attached hydrogens (tertiary/aromatic N) is 2. The summed E-state index contributed by atoms with van der Waals surface area (Å²) in [6.45, 7) is 0.801. The van der Waals surface area contributed by atoms with Crippen LogP contribution in [0.1, 0.15) is 32.6 Å². The van der Waals surface area contributed by atoms with Gasteiger partial charge in [-0.2, -0.15) is 4.98 Å². The summed E-state index contributed by atoms with van der Waals surface area (Å²) in [7, 11) is 0. The molecule has 176 valence electrons. The molecule has 31 heavy (non-hydrogen) atoms. The van der Waals surface area contributed by atoms with Gasteiger partial charge in [-0.3, -0.25) is 4.57 Å². The molecule has 12 heteroatoms. The first-order chi connectivity index (χ1) is 14.6. The topological polar surface area (TPSA) is 201 Å². The number of anilines is 1. The summed E-state index contributed by atoms with van der Waals surface area (Å²) < 4.78 is 12.4. The molecule has 0 bridgehead atoms. The van der Waals surface area contributed by atoms with Crippen LogP contribution < -0.4 is 11.4 Å².